The van der Waals surface area contributed by atoms with E-state index in [2.05, 4.69) is 5.10 Å². The molecule has 2 aromatic heterocycles. The number of thiazole rings is 1. The Kier molecular flexibility index (Phi) is 8.44. The number of hydrogen-bond donors (Lipinski definition) is 0. The van der Waals surface area contributed by atoms with E-state index in [0.717, 1.165) is 9.11 Å². The zero-order valence-electron chi connectivity index (χ0n) is 20.8. The number of carbonyl (C=O) groups excluding carboxylic acids is 1. The van der Waals surface area contributed by atoms with Gasteiger partial charge in [-0.15, -0.1) is 11.8 Å². The molecule has 1 aliphatic rings. The number of benzene rings is 1. The molecule has 1 aliphatic heterocycles. The molecular formula is C24H27F4N5O2S2. The van der Waals surface area contributed by atoms with E-state index in [1.807, 2.05) is 18.7 Å². The van der Waals surface area contributed by atoms with Crippen molar-refractivity contribution in [1.82, 2.24) is 19.7 Å². The van der Waals surface area contributed by atoms with Crippen LogP contribution >= 0.6 is 23.1 Å². The topological polar surface area (TPSA) is 63.5 Å². The predicted octanol–water partition coefficient (Wildman–Crippen LogP) is 5.41. The summed E-state index contributed by atoms with van der Waals surface area (Å²) in [6, 6.07) is 5.88. The van der Waals surface area contributed by atoms with Gasteiger partial charge in [-0.25, -0.2) is 22.4 Å². The quantitative estimate of drug-likeness (QED) is 0.159. The van der Waals surface area contributed by atoms with Crippen LogP contribution in [0.4, 0.5) is 23.4 Å². The molecular weight excluding hydrogens is 530 g/mol. The third kappa shape index (κ3) is 5.78. The number of ether oxygens (including phenoxy) is 1. The third-order valence-corrected chi connectivity index (χ3v) is 8.04. The molecule has 1 aromatic carbocycles. The lowest BCUT2D eigenvalue weighted by molar-refractivity contribution is -0.0506. The van der Waals surface area contributed by atoms with Crippen LogP contribution in [0.25, 0.3) is 16.3 Å². The number of aromatic nitrogens is 3. The van der Waals surface area contributed by atoms with Crippen LogP contribution in [-0.4, -0.2) is 76.9 Å². The molecule has 0 saturated carbocycles. The molecule has 0 spiro atoms. The van der Waals surface area contributed by atoms with Crippen molar-refractivity contribution in [1.29, 1.82) is 0 Å². The predicted molar refractivity (Wildman–Crippen MR) is 136 cm³/mol. The van der Waals surface area contributed by atoms with Crippen LogP contribution in [0.5, 0.6) is 0 Å². The maximum absolute atomic E-state index is 14.0. The molecule has 37 heavy (non-hydrogen) atoms. The molecule has 1 saturated heterocycles. The second-order valence-corrected chi connectivity index (χ2v) is 11.5. The van der Waals surface area contributed by atoms with Crippen LogP contribution in [0.1, 0.15) is 30.0 Å². The molecule has 13 heteroatoms. The fourth-order valence-electron chi connectivity index (χ4n) is 4.15. The number of carbonyl (C=O) groups is 1. The van der Waals surface area contributed by atoms with Crippen molar-refractivity contribution >= 4 is 34.9 Å². The van der Waals surface area contributed by atoms with Crippen LogP contribution in [0.2, 0.25) is 0 Å². The third-order valence-electron chi connectivity index (χ3n) is 5.82. The van der Waals surface area contributed by atoms with Crippen LogP contribution in [0.3, 0.4) is 0 Å². The number of methoxy groups -OCH3 is 1. The molecule has 3 heterocycles. The first-order chi connectivity index (χ1) is 17.6. The fraction of sp³-hybridized carbons (Fsp3) is 0.458. The van der Waals surface area contributed by atoms with E-state index in [1.165, 1.54) is 35.3 Å². The number of nitrogens with zero attached hydrogens (tertiary/aromatic N) is 5. The van der Waals surface area contributed by atoms with E-state index in [-0.39, 0.29) is 24.0 Å². The summed E-state index contributed by atoms with van der Waals surface area (Å²) in [7, 11) is 1.26. The van der Waals surface area contributed by atoms with Crippen LogP contribution in [0, 0.1) is 12.7 Å². The van der Waals surface area contributed by atoms with Gasteiger partial charge >= 0.3 is 5.97 Å². The van der Waals surface area contributed by atoms with Crippen molar-refractivity contribution < 1.29 is 27.1 Å². The summed E-state index contributed by atoms with van der Waals surface area (Å²) in [4.78, 5) is 20.8. The minimum atomic E-state index is -3.06. The summed E-state index contributed by atoms with van der Waals surface area (Å²) >= 11 is 2.91. The Hall–Kier alpha value is -2.64. The standard InChI is InChI=1S/C24H27F4N5O2S2/c1-13(2)36-23-21(32-10-8-31(9-11-32)20(28)19(26)27)29-24(37-23)33-18(22(34)35-4)17(14(3)30-33)15-6-5-7-16(25)12-15/h5-7,12-13,19-20H,8-11H2,1-4H3. The normalized spacial score (nSPS) is 15.6. The van der Waals surface area contributed by atoms with E-state index in [0.29, 0.717) is 40.9 Å². The minimum Gasteiger partial charge on any atom is -0.464 e. The number of piperazine rings is 1. The zero-order valence-corrected chi connectivity index (χ0v) is 22.4. The van der Waals surface area contributed by atoms with Crippen molar-refractivity contribution in [2.45, 2.75) is 43.0 Å². The fourth-order valence-corrected chi connectivity index (χ4v) is 6.63. The van der Waals surface area contributed by atoms with Crippen molar-refractivity contribution in [3.05, 3.63) is 41.5 Å². The Morgan fingerprint density at radius 2 is 1.86 bits per heavy atom. The molecule has 0 bridgehead atoms. The highest BCUT2D eigenvalue weighted by molar-refractivity contribution is 8.01. The number of rotatable bonds is 8. The Morgan fingerprint density at radius 1 is 1.16 bits per heavy atom. The number of alkyl halides is 3. The second-order valence-electron chi connectivity index (χ2n) is 8.73. The molecule has 0 amide bonds. The summed E-state index contributed by atoms with van der Waals surface area (Å²) in [6.07, 6.45) is -5.36. The van der Waals surface area contributed by atoms with Crippen molar-refractivity contribution in [2.75, 3.05) is 38.2 Å². The van der Waals surface area contributed by atoms with Crippen molar-refractivity contribution in [3.8, 4) is 16.3 Å². The van der Waals surface area contributed by atoms with Gasteiger partial charge in [0.25, 0.3) is 6.43 Å². The average molecular weight is 558 g/mol. The van der Waals surface area contributed by atoms with Gasteiger partial charge in [0, 0.05) is 37.0 Å². The SMILES string of the molecule is COC(=O)c1c(-c2cccc(F)c2)c(C)nn1-c1nc(N2CCN(C(F)C(F)F)CC2)c(SC(C)C)s1. The van der Waals surface area contributed by atoms with Crippen molar-refractivity contribution in [2.24, 2.45) is 0 Å². The molecule has 3 aromatic rings. The van der Waals surface area contributed by atoms with Gasteiger partial charge in [0.1, 0.15) is 10.0 Å². The van der Waals surface area contributed by atoms with E-state index < -0.39 is 24.5 Å². The number of hydrogen-bond acceptors (Lipinski definition) is 8. The number of thioether (sulfide) groups is 1. The van der Waals surface area contributed by atoms with Gasteiger partial charge in [0.15, 0.2) is 11.5 Å². The molecule has 1 unspecified atom stereocenters. The average Bonchev–Trinajstić information content (AvgIpc) is 3.43. The lowest BCUT2D eigenvalue weighted by atomic mass is 10.0. The van der Waals surface area contributed by atoms with E-state index in [9.17, 15) is 22.4 Å². The molecule has 7 nitrogen and oxygen atoms in total. The van der Waals surface area contributed by atoms with Crippen LogP contribution in [0.15, 0.2) is 28.5 Å². The lowest BCUT2D eigenvalue weighted by Gasteiger charge is -2.36. The monoisotopic (exact) mass is 557 g/mol. The Balaban J connectivity index is 1.75. The van der Waals surface area contributed by atoms with Gasteiger partial charge in [-0.3, -0.25) is 4.90 Å². The number of anilines is 1. The molecule has 1 atom stereocenters. The van der Waals surface area contributed by atoms with E-state index in [4.69, 9.17) is 9.72 Å². The molecule has 0 aliphatic carbocycles. The van der Waals surface area contributed by atoms with Gasteiger partial charge < -0.3 is 9.64 Å². The van der Waals surface area contributed by atoms with Gasteiger partial charge in [0.05, 0.1) is 12.8 Å². The highest BCUT2D eigenvalue weighted by Gasteiger charge is 2.33. The minimum absolute atomic E-state index is 0.119. The van der Waals surface area contributed by atoms with Crippen LogP contribution in [-0.2, 0) is 4.74 Å². The summed E-state index contributed by atoms with van der Waals surface area (Å²) < 4.78 is 60.8. The zero-order chi connectivity index (χ0) is 26.9. The Morgan fingerprint density at radius 3 is 2.46 bits per heavy atom. The summed E-state index contributed by atoms with van der Waals surface area (Å²) in [5.41, 5.74) is 1.54. The largest absolute Gasteiger partial charge is 0.464 e. The molecule has 1 fully saturated rings. The highest BCUT2D eigenvalue weighted by Crippen LogP contribution is 2.41. The molecule has 0 N–H and O–H groups in total. The van der Waals surface area contributed by atoms with Gasteiger partial charge in [-0.2, -0.15) is 14.8 Å². The maximum Gasteiger partial charge on any atom is 0.357 e. The number of aryl methyl sites for hydroxylation is 1. The van der Waals surface area contributed by atoms with Crippen molar-refractivity contribution in [3.63, 3.8) is 0 Å². The Labute approximate surface area is 220 Å². The van der Waals surface area contributed by atoms with Gasteiger partial charge in [-0.05, 0) is 24.6 Å². The summed E-state index contributed by atoms with van der Waals surface area (Å²) in [5.74, 6) is -0.472. The first-order valence-corrected chi connectivity index (χ1v) is 13.3. The van der Waals surface area contributed by atoms with E-state index >= 15 is 0 Å². The molecule has 4 rings (SSSR count). The molecule has 0 radical (unpaired) electrons. The summed E-state index contributed by atoms with van der Waals surface area (Å²) in [5, 5.41) is 5.18. The Bertz CT molecular complexity index is 1260. The number of halogens is 4. The van der Waals surface area contributed by atoms with Crippen LogP contribution < -0.4 is 4.90 Å². The smallest absolute Gasteiger partial charge is 0.357 e. The number of esters is 1. The van der Waals surface area contributed by atoms with E-state index in [1.54, 1.807) is 30.8 Å². The summed E-state index contributed by atoms with van der Waals surface area (Å²) in [6.45, 7) is 6.67. The molecule has 200 valence electrons. The van der Waals surface area contributed by atoms with Gasteiger partial charge in [-0.1, -0.05) is 37.3 Å². The van der Waals surface area contributed by atoms with Gasteiger partial charge in [0.2, 0.25) is 11.4 Å². The second kappa shape index (κ2) is 11.4. The lowest BCUT2D eigenvalue weighted by Crippen LogP contribution is -2.51. The highest BCUT2D eigenvalue weighted by atomic mass is 32.2. The first-order valence-electron chi connectivity index (χ1n) is 11.6. The maximum atomic E-state index is 14.0. The first kappa shape index (κ1) is 27.4.